The van der Waals surface area contributed by atoms with Gasteiger partial charge in [0.1, 0.15) is 29.9 Å². The number of primary amides is 1. The molecule has 1 heterocycles. The van der Waals surface area contributed by atoms with Crippen LogP contribution < -0.4 is 43.4 Å². The number of unbranched alkanes of at least 4 members (excludes halogenated alkanes) is 1. The number of nitrogens with two attached hydrogens (primary N) is 2. The van der Waals surface area contributed by atoms with Crippen LogP contribution in [0.4, 0.5) is 0 Å². The van der Waals surface area contributed by atoms with E-state index in [1.807, 2.05) is 6.92 Å². The van der Waals surface area contributed by atoms with E-state index in [1.54, 1.807) is 70.2 Å². The summed E-state index contributed by atoms with van der Waals surface area (Å²) in [5.41, 5.74) is 12.9. The zero-order valence-corrected chi connectivity index (χ0v) is 33.9. The van der Waals surface area contributed by atoms with Crippen molar-refractivity contribution in [3.8, 4) is 5.75 Å². The van der Waals surface area contributed by atoms with Crippen LogP contribution in [-0.2, 0) is 46.4 Å². The van der Waals surface area contributed by atoms with Crippen molar-refractivity contribution < 1.29 is 38.7 Å². The van der Waals surface area contributed by atoms with Crippen molar-refractivity contribution in [2.45, 2.75) is 106 Å². The molecule has 1 aliphatic heterocycles. The average Bonchev–Trinajstić information content (AvgIpc) is 3.15. The van der Waals surface area contributed by atoms with Gasteiger partial charge in [0.15, 0.2) is 0 Å². The molecule has 2 aromatic rings. The van der Waals surface area contributed by atoms with E-state index in [2.05, 4.69) is 31.9 Å². The second-order valence-corrected chi connectivity index (χ2v) is 18.1. The Morgan fingerprint density at radius 2 is 1.54 bits per heavy atom. The van der Waals surface area contributed by atoms with Crippen molar-refractivity contribution in [2.75, 3.05) is 13.1 Å². The number of phenols is 1. The molecule has 0 bridgehead atoms. The third-order valence-corrected chi connectivity index (χ3v) is 13.2. The second-order valence-electron chi connectivity index (χ2n) is 14.6. The molecule has 1 aliphatic rings. The molecule has 306 valence electrons. The van der Waals surface area contributed by atoms with E-state index in [1.165, 1.54) is 33.7 Å². The van der Waals surface area contributed by atoms with Gasteiger partial charge >= 0.3 is 0 Å². The van der Waals surface area contributed by atoms with Crippen LogP contribution in [0.5, 0.6) is 5.75 Å². The third-order valence-electron chi connectivity index (χ3n) is 8.96. The predicted molar refractivity (Wildman–Crippen MR) is 216 cm³/mol. The van der Waals surface area contributed by atoms with Gasteiger partial charge in [-0.15, -0.1) is 0 Å². The highest BCUT2D eigenvalue weighted by Crippen LogP contribution is 2.46. The first kappa shape index (κ1) is 45.6. The van der Waals surface area contributed by atoms with Gasteiger partial charge in [0, 0.05) is 15.9 Å². The van der Waals surface area contributed by atoms with Crippen LogP contribution in [0, 0.1) is 0 Å². The lowest BCUT2D eigenvalue weighted by molar-refractivity contribution is -0.134. The molecule has 0 aliphatic carbocycles. The van der Waals surface area contributed by atoms with Crippen molar-refractivity contribution in [2.24, 2.45) is 11.5 Å². The van der Waals surface area contributed by atoms with Crippen LogP contribution >= 0.6 is 21.6 Å². The first-order valence-electron chi connectivity index (χ1n) is 18.3. The fourth-order valence-corrected chi connectivity index (χ4v) is 8.52. The summed E-state index contributed by atoms with van der Waals surface area (Å²) in [7, 11) is 2.35. The maximum absolute atomic E-state index is 14.3. The number of carbonyl (C=O) groups excluding carboxylic acids is 7. The Morgan fingerprint density at radius 1 is 0.893 bits per heavy atom. The molecule has 0 saturated carbocycles. The van der Waals surface area contributed by atoms with Crippen LogP contribution in [0.25, 0.3) is 0 Å². The van der Waals surface area contributed by atoms with Crippen LogP contribution in [0.1, 0.15) is 65.0 Å². The molecule has 3 rings (SSSR count). The number of hydrogen-bond donors (Lipinski definition) is 9. The van der Waals surface area contributed by atoms with E-state index in [-0.39, 0.29) is 25.0 Å². The lowest BCUT2D eigenvalue weighted by Crippen LogP contribution is -2.63. The van der Waals surface area contributed by atoms with Gasteiger partial charge < -0.3 is 48.5 Å². The minimum absolute atomic E-state index is 0.0440. The van der Waals surface area contributed by atoms with Gasteiger partial charge in [0.2, 0.25) is 41.4 Å². The Morgan fingerprint density at radius 3 is 2.16 bits per heavy atom. The average molecular weight is 815 g/mol. The Bertz CT molecular complexity index is 1710. The minimum atomic E-state index is -1.31. The molecule has 0 spiro atoms. The van der Waals surface area contributed by atoms with Crippen LogP contribution in [0.3, 0.4) is 0 Å². The molecule has 7 amide bonds. The number of phenolic OH excluding ortho intramolecular Hbond substituents is 1. The molecular weight excluding hydrogens is 761 g/mol. The van der Waals surface area contributed by atoms with Crippen molar-refractivity contribution in [1.29, 1.82) is 0 Å². The summed E-state index contributed by atoms with van der Waals surface area (Å²) >= 11 is 0. The lowest BCUT2D eigenvalue weighted by Gasteiger charge is -2.39. The monoisotopic (exact) mass is 814 g/mol. The van der Waals surface area contributed by atoms with Crippen LogP contribution in [-0.4, -0.2) is 99.2 Å². The Kier molecular flexibility index (Phi) is 17.0. The zero-order chi connectivity index (χ0) is 41.6. The molecule has 1 saturated heterocycles. The van der Waals surface area contributed by atoms with E-state index < -0.39 is 94.1 Å². The largest absolute Gasteiger partial charge is 0.508 e. The Labute approximate surface area is 335 Å². The fraction of sp³-hybridized carbons (Fsp3) is 0.500. The number of rotatable bonds is 14. The smallest absolute Gasteiger partial charge is 0.244 e. The third kappa shape index (κ3) is 14.0. The van der Waals surface area contributed by atoms with Gasteiger partial charge in [-0.05, 0) is 63.8 Å². The number of nitrogens with one attached hydrogen (secondary N) is 6. The van der Waals surface area contributed by atoms with Crippen LogP contribution in [0.2, 0.25) is 0 Å². The molecule has 1 fully saturated rings. The first-order valence-corrected chi connectivity index (χ1v) is 20.5. The highest BCUT2D eigenvalue weighted by molar-refractivity contribution is 8.77. The van der Waals surface area contributed by atoms with Crippen molar-refractivity contribution in [3.05, 3.63) is 65.7 Å². The number of carbonyl (C=O) groups is 7. The Hall–Kier alpha value is -4.81. The van der Waals surface area contributed by atoms with Gasteiger partial charge in [-0.1, -0.05) is 83.8 Å². The van der Waals surface area contributed by atoms with Gasteiger partial charge in [-0.25, -0.2) is 0 Å². The highest BCUT2D eigenvalue weighted by Gasteiger charge is 2.45. The molecule has 0 unspecified atom stereocenters. The van der Waals surface area contributed by atoms with Gasteiger partial charge in [0.25, 0.3) is 0 Å². The quantitative estimate of drug-likeness (QED) is 0.117. The SMILES string of the molecule is CCCC[C@H](NC(=O)[C@H]1NC(=O)[C@H](Cc2ccccc2)NC(=O)CNC(=O)[C@H](NC(=O)[C@@H](N)Cc2ccc(O)cc2)C(C)(C)SSC1(C)C)C(=O)NCC(N)=O. The maximum Gasteiger partial charge on any atom is 0.244 e. The molecule has 5 atom stereocenters. The van der Waals surface area contributed by atoms with E-state index in [0.717, 1.165) is 0 Å². The summed E-state index contributed by atoms with van der Waals surface area (Å²) in [5, 5.41) is 25.7. The molecule has 2 aromatic carbocycles. The molecule has 11 N–H and O–H groups in total. The zero-order valence-electron chi connectivity index (χ0n) is 32.3. The lowest BCUT2D eigenvalue weighted by atomic mass is 9.99. The summed E-state index contributed by atoms with van der Waals surface area (Å²) in [6.45, 7) is 7.77. The molecule has 0 radical (unpaired) electrons. The number of amides is 7. The standard InChI is InChI=1S/C38H54N8O8S2/c1-6-7-13-26(33(51)41-20-28(40)48)44-36(54)31-38(4,5)56-55-37(2,3)30(45-32(50)25(39)18-23-14-16-24(47)17-15-23)35(53)42-21-29(49)43-27(34(52)46-31)19-22-11-9-8-10-12-22/h8-12,14-17,25-27,30-31,47H,6-7,13,18-21,39H2,1-5H3,(H2,40,48)(H,41,51)(H,42,53)(H,43,49)(H,44,54)(H,45,50)(H,46,52)/t25-,26-,27-,30-,31+/m0/s1. The minimum Gasteiger partial charge on any atom is -0.508 e. The first-order chi connectivity index (χ1) is 26.3. The summed E-state index contributed by atoms with van der Waals surface area (Å²) in [6.07, 6.45) is 1.66. The van der Waals surface area contributed by atoms with E-state index >= 15 is 0 Å². The normalized spacial score (nSPS) is 21.1. The van der Waals surface area contributed by atoms with Crippen molar-refractivity contribution in [1.82, 2.24) is 31.9 Å². The number of aromatic hydroxyl groups is 1. The molecule has 56 heavy (non-hydrogen) atoms. The van der Waals surface area contributed by atoms with Crippen molar-refractivity contribution >= 4 is 62.9 Å². The van der Waals surface area contributed by atoms with Crippen LogP contribution in [0.15, 0.2) is 54.6 Å². The summed E-state index contributed by atoms with van der Waals surface area (Å²) in [6, 6.07) is 9.23. The summed E-state index contributed by atoms with van der Waals surface area (Å²) in [4.78, 5) is 93.5. The van der Waals surface area contributed by atoms with E-state index in [9.17, 15) is 38.7 Å². The maximum atomic E-state index is 14.3. The van der Waals surface area contributed by atoms with Gasteiger partial charge in [-0.2, -0.15) is 0 Å². The molecule has 18 heteroatoms. The summed E-state index contributed by atoms with van der Waals surface area (Å²) < 4.78 is -2.27. The number of hydrogen-bond acceptors (Lipinski definition) is 11. The number of benzene rings is 2. The Balaban J connectivity index is 1.99. The fourth-order valence-electron chi connectivity index (χ4n) is 5.70. The van der Waals surface area contributed by atoms with Gasteiger partial charge in [0.05, 0.1) is 19.1 Å². The second kappa shape index (κ2) is 20.9. The highest BCUT2D eigenvalue weighted by atomic mass is 33.1. The molecule has 16 nitrogen and oxygen atoms in total. The molecular formula is C38H54N8O8S2. The van der Waals surface area contributed by atoms with E-state index in [4.69, 9.17) is 11.5 Å². The van der Waals surface area contributed by atoms with Crippen molar-refractivity contribution in [3.63, 3.8) is 0 Å². The predicted octanol–water partition coefficient (Wildman–Crippen LogP) is 0.304. The topological polar surface area (TPSA) is 264 Å². The van der Waals surface area contributed by atoms with E-state index in [0.29, 0.717) is 24.0 Å². The van der Waals surface area contributed by atoms with Gasteiger partial charge in [-0.3, -0.25) is 33.6 Å². The summed E-state index contributed by atoms with van der Waals surface area (Å²) in [5.74, 6) is -4.74. The molecule has 0 aromatic heterocycles.